The summed E-state index contributed by atoms with van der Waals surface area (Å²) in [6.45, 7) is 8.76. The highest BCUT2D eigenvalue weighted by Gasteiger charge is 2.09. The van der Waals surface area contributed by atoms with Crippen molar-refractivity contribution in [3.05, 3.63) is 0 Å². The van der Waals surface area contributed by atoms with Crippen LogP contribution in [0.25, 0.3) is 0 Å². The van der Waals surface area contributed by atoms with E-state index in [4.69, 9.17) is 5.11 Å². The fraction of sp³-hybridized carbons (Fsp3) is 0.941. The molecule has 0 rings (SSSR count). The minimum absolute atomic E-state index is 0.171. The number of aliphatic carboxylic acids is 1. The molecule has 2 atom stereocenters. The molecule has 0 aliphatic rings. The maximum Gasteiger partial charge on any atom is 0.306 e. The van der Waals surface area contributed by atoms with Gasteiger partial charge in [-0.15, -0.1) is 0 Å². The second-order valence-corrected chi connectivity index (χ2v) is 6.66. The number of carboxylic acids is 1. The summed E-state index contributed by atoms with van der Waals surface area (Å²) in [5.41, 5.74) is 0. The molecule has 0 heterocycles. The van der Waals surface area contributed by atoms with Crippen LogP contribution in [0.5, 0.6) is 0 Å². The number of carbonyl (C=O) groups is 1. The van der Waals surface area contributed by atoms with Gasteiger partial charge >= 0.3 is 5.97 Å². The van der Waals surface area contributed by atoms with Crippen molar-refractivity contribution in [1.29, 1.82) is 0 Å². The quantitative estimate of drug-likeness (QED) is 0.475. The molecule has 114 valence electrons. The summed E-state index contributed by atoms with van der Waals surface area (Å²) in [5, 5.41) is 8.78. The first-order valence-electron chi connectivity index (χ1n) is 8.16. The third-order valence-corrected chi connectivity index (χ3v) is 3.98. The molecule has 2 unspecified atom stereocenters. The van der Waals surface area contributed by atoms with Crippen LogP contribution in [-0.4, -0.2) is 11.1 Å². The number of rotatable bonds is 12. The normalized spacial score (nSPS) is 14.6. The van der Waals surface area contributed by atoms with E-state index in [1.165, 1.54) is 44.9 Å². The molecule has 0 radical (unpaired) electrons. The first kappa shape index (κ1) is 18.5. The lowest BCUT2D eigenvalue weighted by atomic mass is 9.94. The first-order chi connectivity index (χ1) is 8.93. The molecule has 2 heteroatoms. The third-order valence-electron chi connectivity index (χ3n) is 3.98. The van der Waals surface area contributed by atoms with Crippen molar-refractivity contribution in [2.75, 3.05) is 0 Å². The number of hydrogen-bond acceptors (Lipinski definition) is 1. The summed E-state index contributed by atoms with van der Waals surface area (Å²) in [7, 11) is 0. The van der Waals surface area contributed by atoms with Crippen LogP contribution in [0.3, 0.4) is 0 Å². The minimum Gasteiger partial charge on any atom is -0.481 e. The van der Waals surface area contributed by atoms with Crippen LogP contribution in [0.1, 0.15) is 85.5 Å². The third kappa shape index (κ3) is 12.3. The SMILES string of the molecule is CC(C)CCCC(C)CCCCCCC(C)C(=O)O. The van der Waals surface area contributed by atoms with Crippen molar-refractivity contribution >= 4 is 5.97 Å². The van der Waals surface area contributed by atoms with E-state index in [-0.39, 0.29) is 5.92 Å². The van der Waals surface area contributed by atoms with E-state index in [1.807, 2.05) is 0 Å². The summed E-state index contributed by atoms with van der Waals surface area (Å²) >= 11 is 0. The van der Waals surface area contributed by atoms with Gasteiger partial charge in [0.2, 0.25) is 0 Å². The predicted octanol–water partition coefficient (Wildman–Crippen LogP) is 5.51. The fourth-order valence-corrected chi connectivity index (χ4v) is 2.44. The van der Waals surface area contributed by atoms with Gasteiger partial charge < -0.3 is 5.11 Å². The van der Waals surface area contributed by atoms with E-state index in [9.17, 15) is 4.79 Å². The molecule has 0 aromatic carbocycles. The van der Waals surface area contributed by atoms with Crippen molar-refractivity contribution in [2.24, 2.45) is 17.8 Å². The smallest absolute Gasteiger partial charge is 0.306 e. The molecule has 0 aromatic rings. The van der Waals surface area contributed by atoms with Gasteiger partial charge in [0.1, 0.15) is 0 Å². The zero-order valence-corrected chi connectivity index (χ0v) is 13.5. The highest BCUT2D eigenvalue weighted by molar-refractivity contribution is 5.69. The molecule has 0 fully saturated rings. The summed E-state index contributed by atoms with van der Waals surface area (Å²) in [4.78, 5) is 10.7. The van der Waals surface area contributed by atoms with Gasteiger partial charge in [-0.05, 0) is 18.3 Å². The molecule has 0 aromatic heterocycles. The number of carboxylic acid groups (broad SMARTS) is 1. The maximum absolute atomic E-state index is 10.7. The molecule has 0 aliphatic carbocycles. The molecule has 1 N–H and O–H groups in total. The zero-order chi connectivity index (χ0) is 14.7. The molecule has 0 spiro atoms. The average molecular weight is 270 g/mol. The van der Waals surface area contributed by atoms with Gasteiger partial charge in [0.25, 0.3) is 0 Å². The van der Waals surface area contributed by atoms with E-state index < -0.39 is 5.97 Å². The van der Waals surface area contributed by atoms with Crippen molar-refractivity contribution in [3.8, 4) is 0 Å². The molecular weight excluding hydrogens is 236 g/mol. The van der Waals surface area contributed by atoms with Gasteiger partial charge in [0.05, 0.1) is 5.92 Å². The fourth-order valence-electron chi connectivity index (χ4n) is 2.44. The highest BCUT2D eigenvalue weighted by Crippen LogP contribution is 2.19. The lowest BCUT2D eigenvalue weighted by Gasteiger charge is -2.12. The second kappa shape index (κ2) is 11.3. The minimum atomic E-state index is -0.654. The Bertz CT molecular complexity index is 223. The van der Waals surface area contributed by atoms with Gasteiger partial charge in [0, 0.05) is 0 Å². The first-order valence-corrected chi connectivity index (χ1v) is 8.16. The van der Waals surface area contributed by atoms with Gasteiger partial charge in [-0.3, -0.25) is 4.79 Å². The van der Waals surface area contributed by atoms with Crippen molar-refractivity contribution in [1.82, 2.24) is 0 Å². The van der Waals surface area contributed by atoms with Crippen LogP contribution in [0.2, 0.25) is 0 Å². The van der Waals surface area contributed by atoms with Crippen LogP contribution in [0, 0.1) is 17.8 Å². The van der Waals surface area contributed by atoms with Gasteiger partial charge in [-0.2, -0.15) is 0 Å². The summed E-state index contributed by atoms with van der Waals surface area (Å²) < 4.78 is 0. The van der Waals surface area contributed by atoms with Crippen LogP contribution in [0.4, 0.5) is 0 Å². The molecule has 0 bridgehead atoms. The van der Waals surface area contributed by atoms with E-state index >= 15 is 0 Å². The largest absolute Gasteiger partial charge is 0.481 e. The zero-order valence-electron chi connectivity index (χ0n) is 13.5. The Morgan fingerprint density at radius 3 is 1.84 bits per heavy atom. The molecular formula is C17H34O2. The number of hydrogen-bond donors (Lipinski definition) is 1. The Morgan fingerprint density at radius 2 is 1.32 bits per heavy atom. The number of unbranched alkanes of at least 4 members (excludes halogenated alkanes) is 3. The van der Waals surface area contributed by atoms with Crippen molar-refractivity contribution < 1.29 is 9.90 Å². The standard InChI is InChI=1S/C17H34O2/c1-14(2)10-9-12-15(3)11-7-5-6-8-13-16(4)17(18)19/h14-16H,5-13H2,1-4H3,(H,18,19). The average Bonchev–Trinajstić information content (AvgIpc) is 2.32. The molecule has 0 saturated carbocycles. The van der Waals surface area contributed by atoms with Gasteiger partial charge in [-0.25, -0.2) is 0 Å². The maximum atomic E-state index is 10.7. The predicted molar refractivity (Wildman–Crippen MR) is 82.4 cm³/mol. The highest BCUT2D eigenvalue weighted by atomic mass is 16.4. The van der Waals surface area contributed by atoms with Crippen molar-refractivity contribution in [2.45, 2.75) is 85.5 Å². The molecule has 0 saturated heterocycles. The Hall–Kier alpha value is -0.530. The Kier molecular flexibility index (Phi) is 11.0. The Balaban J connectivity index is 3.31. The van der Waals surface area contributed by atoms with E-state index in [2.05, 4.69) is 20.8 Å². The van der Waals surface area contributed by atoms with Gasteiger partial charge in [0.15, 0.2) is 0 Å². The van der Waals surface area contributed by atoms with E-state index in [1.54, 1.807) is 6.92 Å². The van der Waals surface area contributed by atoms with E-state index in [0.29, 0.717) is 0 Å². The molecule has 0 aliphatic heterocycles. The Morgan fingerprint density at radius 1 is 0.789 bits per heavy atom. The van der Waals surface area contributed by atoms with Crippen molar-refractivity contribution in [3.63, 3.8) is 0 Å². The molecule has 2 nitrogen and oxygen atoms in total. The lowest BCUT2D eigenvalue weighted by Crippen LogP contribution is -2.08. The lowest BCUT2D eigenvalue weighted by molar-refractivity contribution is -0.141. The van der Waals surface area contributed by atoms with Gasteiger partial charge in [-0.1, -0.05) is 79.1 Å². The molecule has 19 heavy (non-hydrogen) atoms. The van der Waals surface area contributed by atoms with Crippen LogP contribution < -0.4 is 0 Å². The van der Waals surface area contributed by atoms with Crippen LogP contribution >= 0.6 is 0 Å². The monoisotopic (exact) mass is 270 g/mol. The second-order valence-electron chi connectivity index (χ2n) is 6.66. The molecule has 0 amide bonds. The summed E-state index contributed by atoms with van der Waals surface area (Å²) in [6.07, 6.45) is 11.1. The summed E-state index contributed by atoms with van der Waals surface area (Å²) in [5.74, 6) is 0.869. The topological polar surface area (TPSA) is 37.3 Å². The van der Waals surface area contributed by atoms with E-state index in [0.717, 1.165) is 24.7 Å². The summed E-state index contributed by atoms with van der Waals surface area (Å²) in [6, 6.07) is 0. The van der Waals surface area contributed by atoms with Crippen LogP contribution in [-0.2, 0) is 4.79 Å². The van der Waals surface area contributed by atoms with Crippen LogP contribution in [0.15, 0.2) is 0 Å². The Labute approximate surface area is 120 Å².